The van der Waals surface area contributed by atoms with E-state index in [0.29, 0.717) is 29.3 Å². The molecule has 2 aromatic heterocycles. The Balaban J connectivity index is 1.73. The van der Waals surface area contributed by atoms with Gasteiger partial charge in [0.05, 0.1) is 12.0 Å². The fourth-order valence-corrected chi connectivity index (χ4v) is 2.90. The molecule has 1 amide bonds. The van der Waals surface area contributed by atoms with Crippen LogP contribution in [0.2, 0.25) is 0 Å². The zero-order chi connectivity index (χ0) is 15.5. The van der Waals surface area contributed by atoms with Crippen LogP contribution in [-0.4, -0.2) is 32.5 Å². The zero-order valence-electron chi connectivity index (χ0n) is 12.8. The van der Waals surface area contributed by atoms with Gasteiger partial charge in [0.25, 0.3) is 0 Å². The Kier molecular flexibility index (Phi) is 4.52. The molecular weight excluding hydrogens is 300 g/mol. The number of hydrogen-bond acceptors (Lipinski definition) is 5. The summed E-state index contributed by atoms with van der Waals surface area (Å²) >= 11 is 1.42. The minimum atomic E-state index is 0.0612. The molecule has 0 radical (unpaired) electrons. The van der Waals surface area contributed by atoms with Gasteiger partial charge in [0, 0.05) is 12.6 Å². The number of nitrogens with zero attached hydrogens (tertiary/aromatic N) is 3. The van der Waals surface area contributed by atoms with Crippen LogP contribution in [0.5, 0.6) is 0 Å². The molecule has 2 aromatic rings. The molecule has 1 saturated carbocycles. The first kappa shape index (κ1) is 15.1. The van der Waals surface area contributed by atoms with Gasteiger partial charge in [-0.05, 0) is 30.9 Å². The third-order valence-electron chi connectivity index (χ3n) is 3.28. The lowest BCUT2D eigenvalue weighted by Gasteiger charge is -2.11. The van der Waals surface area contributed by atoms with Gasteiger partial charge in [-0.15, -0.1) is 10.2 Å². The molecule has 1 fully saturated rings. The number of carbonyl (C=O) groups is 1. The summed E-state index contributed by atoms with van der Waals surface area (Å²) in [6.45, 7) is 5.07. The van der Waals surface area contributed by atoms with Gasteiger partial charge in [0.15, 0.2) is 16.7 Å². The summed E-state index contributed by atoms with van der Waals surface area (Å²) in [5.74, 6) is 2.28. The molecule has 0 atom stereocenters. The average molecular weight is 320 g/mol. The standard InChI is InChI=1S/C15H20N4O2S/c1-10(2)8-19-14(12-4-3-7-21-12)17-18-15(19)22-9-13(20)16-11-5-6-11/h3-4,7,10-11H,5-6,8-9H2,1-2H3,(H,16,20). The Labute approximate surface area is 133 Å². The van der Waals surface area contributed by atoms with Gasteiger partial charge < -0.3 is 9.73 Å². The highest BCUT2D eigenvalue weighted by Crippen LogP contribution is 2.26. The third kappa shape index (κ3) is 3.71. The van der Waals surface area contributed by atoms with E-state index in [2.05, 4.69) is 29.4 Å². The summed E-state index contributed by atoms with van der Waals surface area (Å²) in [4.78, 5) is 11.8. The lowest BCUT2D eigenvalue weighted by molar-refractivity contribution is -0.118. The Hall–Kier alpha value is -1.76. The molecule has 7 heteroatoms. The molecule has 2 heterocycles. The van der Waals surface area contributed by atoms with Crippen LogP contribution in [-0.2, 0) is 11.3 Å². The van der Waals surface area contributed by atoms with Gasteiger partial charge in [-0.3, -0.25) is 9.36 Å². The summed E-state index contributed by atoms with van der Waals surface area (Å²) in [6, 6.07) is 4.09. The van der Waals surface area contributed by atoms with Crippen molar-refractivity contribution >= 4 is 17.7 Å². The van der Waals surface area contributed by atoms with Crippen LogP contribution < -0.4 is 5.32 Å². The van der Waals surface area contributed by atoms with Crippen molar-refractivity contribution < 1.29 is 9.21 Å². The van der Waals surface area contributed by atoms with Crippen LogP contribution in [0.4, 0.5) is 0 Å². The minimum Gasteiger partial charge on any atom is -0.461 e. The highest BCUT2D eigenvalue weighted by atomic mass is 32.2. The van der Waals surface area contributed by atoms with Crippen LogP contribution in [0, 0.1) is 5.92 Å². The van der Waals surface area contributed by atoms with Crippen molar-refractivity contribution in [2.45, 2.75) is 44.4 Å². The van der Waals surface area contributed by atoms with Gasteiger partial charge in [-0.25, -0.2) is 0 Å². The van der Waals surface area contributed by atoms with Gasteiger partial charge in [0.2, 0.25) is 5.91 Å². The smallest absolute Gasteiger partial charge is 0.230 e. The molecule has 0 aliphatic heterocycles. The highest BCUT2D eigenvalue weighted by Gasteiger charge is 2.24. The van der Waals surface area contributed by atoms with E-state index in [9.17, 15) is 4.79 Å². The van der Waals surface area contributed by atoms with E-state index in [-0.39, 0.29) is 5.91 Å². The summed E-state index contributed by atoms with van der Waals surface area (Å²) in [7, 11) is 0. The van der Waals surface area contributed by atoms with Crippen LogP contribution in [0.1, 0.15) is 26.7 Å². The first-order valence-corrected chi connectivity index (χ1v) is 8.51. The van der Waals surface area contributed by atoms with Gasteiger partial charge in [-0.2, -0.15) is 0 Å². The van der Waals surface area contributed by atoms with Gasteiger partial charge >= 0.3 is 0 Å². The molecule has 1 aliphatic carbocycles. The van der Waals surface area contributed by atoms with Crippen LogP contribution in [0.3, 0.4) is 0 Å². The number of rotatable bonds is 7. The Morgan fingerprint density at radius 2 is 2.32 bits per heavy atom. The molecule has 0 bridgehead atoms. The highest BCUT2D eigenvalue weighted by molar-refractivity contribution is 7.99. The van der Waals surface area contributed by atoms with Gasteiger partial charge in [-0.1, -0.05) is 25.6 Å². The predicted octanol–water partition coefficient (Wildman–Crippen LogP) is 2.56. The second kappa shape index (κ2) is 6.56. The molecule has 0 aromatic carbocycles. The molecule has 0 unspecified atom stereocenters. The van der Waals surface area contributed by atoms with Crippen LogP contribution in [0.15, 0.2) is 28.0 Å². The van der Waals surface area contributed by atoms with Crippen molar-refractivity contribution in [2.24, 2.45) is 5.92 Å². The van der Waals surface area contributed by atoms with E-state index in [1.165, 1.54) is 11.8 Å². The van der Waals surface area contributed by atoms with Crippen LogP contribution in [0.25, 0.3) is 11.6 Å². The minimum absolute atomic E-state index is 0.0612. The van der Waals surface area contributed by atoms with E-state index in [4.69, 9.17) is 4.42 Å². The monoisotopic (exact) mass is 320 g/mol. The van der Waals surface area contributed by atoms with E-state index >= 15 is 0 Å². The molecule has 22 heavy (non-hydrogen) atoms. The molecule has 0 saturated heterocycles. The second-order valence-corrected chi connectivity index (χ2v) is 6.86. The summed E-state index contributed by atoms with van der Waals surface area (Å²) in [5.41, 5.74) is 0. The van der Waals surface area contributed by atoms with Crippen molar-refractivity contribution in [3.8, 4) is 11.6 Å². The molecule has 1 aliphatic rings. The summed E-state index contributed by atoms with van der Waals surface area (Å²) < 4.78 is 7.46. The molecule has 118 valence electrons. The number of amides is 1. The lowest BCUT2D eigenvalue weighted by atomic mass is 10.2. The van der Waals surface area contributed by atoms with Crippen molar-refractivity contribution in [3.05, 3.63) is 18.4 Å². The lowest BCUT2D eigenvalue weighted by Crippen LogP contribution is -2.27. The first-order chi connectivity index (χ1) is 10.6. The molecule has 1 N–H and O–H groups in total. The van der Waals surface area contributed by atoms with Crippen molar-refractivity contribution in [1.82, 2.24) is 20.1 Å². The maximum Gasteiger partial charge on any atom is 0.230 e. The third-order valence-corrected chi connectivity index (χ3v) is 4.25. The fourth-order valence-electron chi connectivity index (χ4n) is 2.14. The van der Waals surface area contributed by atoms with Crippen molar-refractivity contribution in [2.75, 3.05) is 5.75 Å². The Morgan fingerprint density at radius 3 is 2.95 bits per heavy atom. The van der Waals surface area contributed by atoms with Crippen molar-refractivity contribution in [3.63, 3.8) is 0 Å². The number of nitrogens with one attached hydrogen (secondary N) is 1. The summed E-state index contributed by atoms with van der Waals surface area (Å²) in [6.07, 6.45) is 3.82. The quantitative estimate of drug-likeness (QED) is 0.794. The SMILES string of the molecule is CC(C)Cn1c(SCC(=O)NC2CC2)nnc1-c1ccco1. The van der Waals surface area contributed by atoms with Gasteiger partial charge in [0.1, 0.15) is 0 Å². The Bertz CT molecular complexity index is 632. The fraction of sp³-hybridized carbons (Fsp3) is 0.533. The van der Waals surface area contributed by atoms with E-state index in [0.717, 1.165) is 24.5 Å². The topological polar surface area (TPSA) is 73.0 Å². The maximum absolute atomic E-state index is 11.8. The molecule has 6 nitrogen and oxygen atoms in total. The van der Waals surface area contributed by atoms with E-state index in [1.54, 1.807) is 6.26 Å². The molecular formula is C15H20N4O2S. The number of carbonyl (C=O) groups excluding carboxylic acids is 1. The first-order valence-electron chi connectivity index (χ1n) is 7.52. The number of thioether (sulfide) groups is 1. The average Bonchev–Trinajstić information content (AvgIpc) is 2.98. The predicted molar refractivity (Wildman–Crippen MR) is 84.5 cm³/mol. The molecule has 3 rings (SSSR count). The van der Waals surface area contributed by atoms with Crippen LogP contribution >= 0.6 is 11.8 Å². The normalized spacial score (nSPS) is 14.5. The number of aromatic nitrogens is 3. The summed E-state index contributed by atoms with van der Waals surface area (Å²) in [5, 5.41) is 12.2. The maximum atomic E-state index is 11.8. The van der Waals surface area contributed by atoms with E-state index < -0.39 is 0 Å². The molecule has 0 spiro atoms. The largest absolute Gasteiger partial charge is 0.461 e. The number of hydrogen-bond donors (Lipinski definition) is 1. The Morgan fingerprint density at radius 1 is 1.50 bits per heavy atom. The zero-order valence-corrected chi connectivity index (χ0v) is 13.6. The number of furan rings is 1. The second-order valence-electron chi connectivity index (χ2n) is 5.92. The van der Waals surface area contributed by atoms with Crippen molar-refractivity contribution in [1.29, 1.82) is 0 Å². The van der Waals surface area contributed by atoms with E-state index in [1.807, 2.05) is 16.7 Å².